The van der Waals surface area contributed by atoms with Crippen molar-refractivity contribution in [2.24, 2.45) is 11.7 Å². The standard InChI is InChI=1S/C13H14BrClN2O2/c14-7-3-6(4-8(15)5-7)13(18)17-11-10(16)9-1-2-19-12(9)11/h3-5,9-12H,1-2,16H2,(H,17,18). The molecule has 4 unspecified atom stereocenters. The van der Waals surface area contributed by atoms with Gasteiger partial charge >= 0.3 is 0 Å². The van der Waals surface area contributed by atoms with Gasteiger partial charge in [0.25, 0.3) is 5.91 Å². The summed E-state index contributed by atoms with van der Waals surface area (Å²) in [5.74, 6) is 0.217. The fourth-order valence-electron chi connectivity index (χ4n) is 2.85. The van der Waals surface area contributed by atoms with Crippen molar-refractivity contribution in [3.63, 3.8) is 0 Å². The molecule has 1 saturated carbocycles. The number of nitrogens with two attached hydrogens (primary N) is 1. The van der Waals surface area contributed by atoms with Crippen LogP contribution in [0.25, 0.3) is 0 Å². The van der Waals surface area contributed by atoms with Crippen LogP contribution in [0.15, 0.2) is 22.7 Å². The Morgan fingerprint density at radius 1 is 1.47 bits per heavy atom. The number of nitrogens with one attached hydrogen (secondary N) is 1. The summed E-state index contributed by atoms with van der Waals surface area (Å²) in [6.45, 7) is 0.734. The Morgan fingerprint density at radius 3 is 3.00 bits per heavy atom. The number of fused-ring (bicyclic) bond motifs is 1. The van der Waals surface area contributed by atoms with E-state index in [1.54, 1.807) is 18.2 Å². The molecule has 0 bridgehead atoms. The van der Waals surface area contributed by atoms with Crippen molar-refractivity contribution in [2.75, 3.05) is 6.61 Å². The van der Waals surface area contributed by atoms with Gasteiger partial charge in [-0.3, -0.25) is 4.79 Å². The Hall–Kier alpha value is -0.620. The molecule has 1 aliphatic heterocycles. The maximum absolute atomic E-state index is 12.2. The highest BCUT2D eigenvalue weighted by molar-refractivity contribution is 9.10. The molecular weight excluding hydrogens is 332 g/mol. The molecule has 6 heteroatoms. The van der Waals surface area contributed by atoms with Gasteiger partial charge in [0.2, 0.25) is 0 Å². The maximum atomic E-state index is 12.2. The lowest BCUT2D eigenvalue weighted by Gasteiger charge is -2.45. The fourth-order valence-corrected chi connectivity index (χ4v) is 3.71. The van der Waals surface area contributed by atoms with Crippen LogP contribution in [0, 0.1) is 5.92 Å². The molecule has 19 heavy (non-hydrogen) atoms. The monoisotopic (exact) mass is 344 g/mol. The van der Waals surface area contributed by atoms with Crippen LogP contribution in [-0.4, -0.2) is 30.7 Å². The number of amides is 1. The SMILES string of the molecule is NC1C2CCOC2C1NC(=O)c1cc(Cl)cc(Br)c1. The minimum Gasteiger partial charge on any atom is -0.376 e. The van der Waals surface area contributed by atoms with E-state index in [0.717, 1.165) is 17.5 Å². The molecular formula is C13H14BrClN2O2. The zero-order chi connectivity index (χ0) is 13.6. The molecule has 3 rings (SSSR count). The molecule has 0 aromatic heterocycles. The summed E-state index contributed by atoms with van der Waals surface area (Å²) in [6, 6.07) is 5.00. The molecule has 2 fully saturated rings. The largest absolute Gasteiger partial charge is 0.376 e. The van der Waals surface area contributed by atoms with Gasteiger partial charge in [-0.2, -0.15) is 0 Å². The van der Waals surface area contributed by atoms with Gasteiger partial charge in [-0.15, -0.1) is 0 Å². The third-order valence-corrected chi connectivity index (χ3v) is 4.55. The molecule has 1 aromatic rings. The maximum Gasteiger partial charge on any atom is 0.251 e. The number of hydrogen-bond donors (Lipinski definition) is 2. The van der Waals surface area contributed by atoms with Crippen molar-refractivity contribution < 1.29 is 9.53 Å². The molecule has 0 spiro atoms. The molecule has 0 radical (unpaired) electrons. The molecule has 1 aliphatic carbocycles. The highest BCUT2D eigenvalue weighted by Crippen LogP contribution is 2.37. The summed E-state index contributed by atoms with van der Waals surface area (Å²) in [5, 5.41) is 3.46. The third-order valence-electron chi connectivity index (χ3n) is 3.87. The lowest BCUT2D eigenvalue weighted by molar-refractivity contribution is -0.0161. The number of carbonyl (C=O) groups excluding carboxylic acids is 1. The van der Waals surface area contributed by atoms with Gasteiger partial charge < -0.3 is 15.8 Å². The number of rotatable bonds is 2. The number of benzene rings is 1. The second-order valence-electron chi connectivity index (χ2n) is 5.02. The third kappa shape index (κ3) is 2.40. The van der Waals surface area contributed by atoms with E-state index in [1.807, 2.05) is 0 Å². The molecule has 3 N–H and O–H groups in total. The van der Waals surface area contributed by atoms with E-state index in [4.69, 9.17) is 22.1 Å². The minimum atomic E-state index is -0.169. The van der Waals surface area contributed by atoms with Crippen molar-refractivity contribution in [1.82, 2.24) is 5.32 Å². The number of ether oxygens (including phenoxy) is 1. The first-order chi connectivity index (χ1) is 9.06. The molecule has 102 valence electrons. The van der Waals surface area contributed by atoms with Gasteiger partial charge in [0.1, 0.15) is 0 Å². The van der Waals surface area contributed by atoms with Crippen LogP contribution >= 0.6 is 27.5 Å². The summed E-state index contributed by atoms with van der Waals surface area (Å²) >= 11 is 9.26. The summed E-state index contributed by atoms with van der Waals surface area (Å²) in [7, 11) is 0. The van der Waals surface area contributed by atoms with Gasteiger partial charge in [0.05, 0.1) is 12.1 Å². The Bertz CT molecular complexity index is 505. The summed E-state index contributed by atoms with van der Waals surface area (Å²) in [5.41, 5.74) is 6.59. The van der Waals surface area contributed by atoms with Crippen LogP contribution in [0.4, 0.5) is 0 Å². The minimum absolute atomic E-state index is 0.0147. The smallest absolute Gasteiger partial charge is 0.251 e. The van der Waals surface area contributed by atoms with E-state index >= 15 is 0 Å². The predicted octanol–water partition coefficient (Wildman–Crippen LogP) is 1.95. The Balaban J connectivity index is 1.71. The van der Waals surface area contributed by atoms with E-state index in [-0.39, 0.29) is 24.1 Å². The van der Waals surface area contributed by atoms with Crippen molar-refractivity contribution in [3.8, 4) is 0 Å². The van der Waals surface area contributed by atoms with Gasteiger partial charge in [0.15, 0.2) is 0 Å². The van der Waals surface area contributed by atoms with Gasteiger partial charge in [-0.25, -0.2) is 0 Å². The summed E-state index contributed by atoms with van der Waals surface area (Å²) in [4.78, 5) is 12.2. The van der Waals surface area contributed by atoms with E-state index in [9.17, 15) is 4.79 Å². The highest BCUT2D eigenvalue weighted by Gasteiger charge is 2.52. The quantitative estimate of drug-likeness (QED) is 0.861. The van der Waals surface area contributed by atoms with Crippen molar-refractivity contribution in [1.29, 1.82) is 0 Å². The Labute approximate surface area is 124 Å². The van der Waals surface area contributed by atoms with Crippen LogP contribution in [0.2, 0.25) is 5.02 Å². The normalized spacial score (nSPS) is 32.6. The van der Waals surface area contributed by atoms with Crippen LogP contribution in [0.1, 0.15) is 16.8 Å². The second-order valence-corrected chi connectivity index (χ2v) is 6.37. The van der Waals surface area contributed by atoms with Gasteiger partial charge in [-0.05, 0) is 24.6 Å². The number of hydrogen-bond acceptors (Lipinski definition) is 3. The average Bonchev–Trinajstić information content (AvgIpc) is 2.79. The highest BCUT2D eigenvalue weighted by atomic mass is 79.9. The second kappa shape index (κ2) is 5.05. The van der Waals surface area contributed by atoms with E-state index in [0.29, 0.717) is 16.5 Å². The van der Waals surface area contributed by atoms with Gasteiger partial charge in [0, 0.05) is 33.6 Å². The summed E-state index contributed by atoms with van der Waals surface area (Å²) < 4.78 is 6.37. The first-order valence-electron chi connectivity index (χ1n) is 6.20. The summed E-state index contributed by atoms with van der Waals surface area (Å²) in [6.07, 6.45) is 1.06. The van der Waals surface area contributed by atoms with Crippen molar-refractivity contribution in [3.05, 3.63) is 33.3 Å². The average molecular weight is 346 g/mol. The molecule has 1 amide bonds. The number of halogens is 2. The predicted molar refractivity (Wildman–Crippen MR) is 76.2 cm³/mol. The first kappa shape index (κ1) is 13.4. The van der Waals surface area contributed by atoms with E-state index < -0.39 is 0 Å². The lowest BCUT2D eigenvalue weighted by atomic mass is 9.72. The van der Waals surface area contributed by atoms with Crippen LogP contribution in [0.3, 0.4) is 0 Å². The van der Waals surface area contributed by atoms with Crippen LogP contribution in [0.5, 0.6) is 0 Å². The lowest BCUT2D eigenvalue weighted by Crippen LogP contribution is -2.68. The number of carbonyl (C=O) groups is 1. The Kier molecular flexibility index (Phi) is 3.55. The molecule has 2 aliphatic rings. The topological polar surface area (TPSA) is 64.3 Å². The van der Waals surface area contributed by atoms with Crippen molar-refractivity contribution >= 4 is 33.4 Å². The molecule has 1 aromatic carbocycles. The molecule has 4 atom stereocenters. The van der Waals surface area contributed by atoms with E-state index in [2.05, 4.69) is 21.2 Å². The molecule has 1 heterocycles. The van der Waals surface area contributed by atoms with Gasteiger partial charge in [-0.1, -0.05) is 27.5 Å². The fraction of sp³-hybridized carbons (Fsp3) is 0.462. The van der Waals surface area contributed by atoms with Crippen LogP contribution < -0.4 is 11.1 Å². The zero-order valence-corrected chi connectivity index (χ0v) is 12.4. The first-order valence-corrected chi connectivity index (χ1v) is 7.37. The van der Waals surface area contributed by atoms with Crippen molar-refractivity contribution in [2.45, 2.75) is 24.6 Å². The molecule has 1 saturated heterocycles. The Morgan fingerprint density at radius 2 is 2.26 bits per heavy atom. The van der Waals surface area contributed by atoms with Crippen LogP contribution in [-0.2, 0) is 4.74 Å². The molecule has 4 nitrogen and oxygen atoms in total. The van der Waals surface area contributed by atoms with E-state index in [1.165, 1.54) is 0 Å². The zero-order valence-electron chi connectivity index (χ0n) is 10.1.